The molecule has 3 heterocycles. The van der Waals surface area contributed by atoms with Crippen molar-refractivity contribution < 1.29 is 19.4 Å². The van der Waals surface area contributed by atoms with Crippen molar-refractivity contribution in [2.75, 3.05) is 31.3 Å². The molecule has 0 radical (unpaired) electrons. The summed E-state index contributed by atoms with van der Waals surface area (Å²) in [6.45, 7) is 0.422. The van der Waals surface area contributed by atoms with Gasteiger partial charge in [-0.2, -0.15) is 0 Å². The fraction of sp³-hybridized carbons (Fsp3) is 0.167. The number of nitrogens with two attached hydrogens (primary N) is 1. The summed E-state index contributed by atoms with van der Waals surface area (Å²) >= 11 is 1.50. The van der Waals surface area contributed by atoms with Gasteiger partial charge in [-0.1, -0.05) is 24.3 Å². The van der Waals surface area contributed by atoms with E-state index in [1.54, 1.807) is 19.4 Å². The van der Waals surface area contributed by atoms with Crippen LogP contribution in [0.3, 0.4) is 0 Å². The number of pyridine rings is 1. The summed E-state index contributed by atoms with van der Waals surface area (Å²) in [5.74, 6) is 0.394. The molecular weight excluding hydrogens is 526 g/mol. The van der Waals surface area contributed by atoms with Crippen molar-refractivity contribution in [2.45, 2.75) is 6.42 Å². The van der Waals surface area contributed by atoms with Gasteiger partial charge < -0.3 is 30.8 Å². The van der Waals surface area contributed by atoms with Crippen LogP contribution in [-0.4, -0.2) is 46.7 Å². The molecule has 2 amide bonds. The predicted octanol–water partition coefficient (Wildman–Crippen LogP) is 4.81. The number of hydrogen-bond donors (Lipinski definition) is 4. The Morgan fingerprint density at radius 2 is 2.02 bits per heavy atom. The van der Waals surface area contributed by atoms with Crippen molar-refractivity contribution in [2.24, 2.45) is 7.05 Å². The third kappa shape index (κ3) is 5.27. The summed E-state index contributed by atoms with van der Waals surface area (Å²) in [7, 11) is 3.42. The lowest BCUT2D eigenvalue weighted by Gasteiger charge is -2.13. The topological polar surface area (TPSA) is 132 Å². The average Bonchev–Trinajstić information content (AvgIpc) is 3.56. The molecule has 3 aromatic heterocycles. The Morgan fingerprint density at radius 1 is 1.20 bits per heavy atom. The molecular formula is C30H29N5O4S. The van der Waals surface area contributed by atoms with Gasteiger partial charge in [0.1, 0.15) is 17.3 Å². The highest BCUT2D eigenvalue weighted by Crippen LogP contribution is 2.41. The molecule has 0 fully saturated rings. The number of ether oxygens (including phenoxy) is 1. The Labute approximate surface area is 234 Å². The van der Waals surface area contributed by atoms with Gasteiger partial charge in [0, 0.05) is 64.6 Å². The zero-order chi connectivity index (χ0) is 28.2. The highest BCUT2D eigenvalue weighted by molar-refractivity contribution is 7.18. The van der Waals surface area contributed by atoms with E-state index in [-0.39, 0.29) is 18.4 Å². The summed E-state index contributed by atoms with van der Waals surface area (Å²) in [4.78, 5) is 29.6. The van der Waals surface area contributed by atoms with Gasteiger partial charge >= 0.3 is 0 Å². The fourth-order valence-electron chi connectivity index (χ4n) is 4.59. The van der Waals surface area contributed by atoms with Gasteiger partial charge in [0.25, 0.3) is 5.91 Å². The maximum absolute atomic E-state index is 13.2. The summed E-state index contributed by atoms with van der Waals surface area (Å²) < 4.78 is 8.41. The van der Waals surface area contributed by atoms with Crippen LogP contribution < -0.4 is 21.1 Å². The summed E-state index contributed by atoms with van der Waals surface area (Å²) in [6, 6.07) is 15.3. The van der Waals surface area contributed by atoms with Gasteiger partial charge in [-0.15, -0.1) is 11.3 Å². The first-order valence-corrected chi connectivity index (χ1v) is 13.6. The Morgan fingerprint density at radius 3 is 2.80 bits per heavy atom. The number of para-hydroxylation sites is 1. The molecule has 0 aliphatic heterocycles. The van der Waals surface area contributed by atoms with E-state index in [4.69, 9.17) is 15.6 Å². The molecule has 5 aromatic rings. The second-order valence-corrected chi connectivity index (χ2v) is 10.1. The number of thiophene rings is 1. The lowest BCUT2D eigenvalue weighted by molar-refractivity contribution is -0.116. The third-order valence-electron chi connectivity index (χ3n) is 6.65. The Kier molecular flexibility index (Phi) is 7.81. The van der Waals surface area contributed by atoms with Crippen LogP contribution in [0.5, 0.6) is 5.75 Å². The lowest BCUT2D eigenvalue weighted by atomic mass is 10.0. The molecule has 40 heavy (non-hydrogen) atoms. The molecule has 2 aromatic carbocycles. The van der Waals surface area contributed by atoms with Crippen LogP contribution in [-0.2, 0) is 11.8 Å². The first-order valence-electron chi connectivity index (χ1n) is 12.7. The van der Waals surface area contributed by atoms with Crippen LogP contribution in [0, 0.1) is 0 Å². The van der Waals surface area contributed by atoms with E-state index >= 15 is 0 Å². The quantitative estimate of drug-likeness (QED) is 0.153. The smallest absolute Gasteiger partial charge is 0.272 e. The molecule has 0 unspecified atom stereocenters. The van der Waals surface area contributed by atoms with Crippen molar-refractivity contribution in [3.63, 3.8) is 0 Å². The zero-order valence-electron chi connectivity index (χ0n) is 22.1. The van der Waals surface area contributed by atoms with Crippen molar-refractivity contribution in [3.05, 3.63) is 77.4 Å². The first-order chi connectivity index (χ1) is 19.4. The molecule has 204 valence electrons. The monoisotopic (exact) mass is 555 g/mol. The Hall–Kier alpha value is -4.67. The molecule has 0 aliphatic rings. The fourth-order valence-corrected chi connectivity index (χ4v) is 5.67. The van der Waals surface area contributed by atoms with Gasteiger partial charge in [0.15, 0.2) is 0 Å². The number of anilines is 2. The number of aliphatic hydroxyl groups is 1. The van der Waals surface area contributed by atoms with Crippen LogP contribution in [0.4, 0.5) is 11.5 Å². The molecule has 0 saturated carbocycles. The van der Waals surface area contributed by atoms with Crippen molar-refractivity contribution >= 4 is 61.7 Å². The van der Waals surface area contributed by atoms with E-state index in [2.05, 4.69) is 15.6 Å². The number of aryl methyl sites for hydroxylation is 1. The van der Waals surface area contributed by atoms with Crippen molar-refractivity contribution in [1.82, 2.24) is 14.9 Å². The average molecular weight is 556 g/mol. The Bertz CT molecular complexity index is 1750. The largest absolute Gasteiger partial charge is 0.495 e. The van der Waals surface area contributed by atoms with E-state index in [9.17, 15) is 9.59 Å². The molecule has 0 spiro atoms. The second-order valence-electron chi connectivity index (χ2n) is 9.17. The minimum absolute atomic E-state index is 0.0207. The van der Waals surface area contributed by atoms with Gasteiger partial charge in [-0.25, -0.2) is 4.98 Å². The molecule has 5 N–H and O–H groups in total. The lowest BCUT2D eigenvalue weighted by Crippen LogP contribution is -2.22. The van der Waals surface area contributed by atoms with Crippen LogP contribution in [0.15, 0.2) is 66.2 Å². The molecule has 0 aliphatic carbocycles. The number of aliphatic hydroxyl groups excluding tert-OH is 1. The highest BCUT2D eigenvalue weighted by Gasteiger charge is 2.18. The van der Waals surface area contributed by atoms with Crippen LogP contribution >= 0.6 is 11.3 Å². The van der Waals surface area contributed by atoms with Crippen molar-refractivity contribution in [3.8, 4) is 16.9 Å². The number of rotatable bonds is 9. The van der Waals surface area contributed by atoms with E-state index in [1.807, 2.05) is 65.5 Å². The Balaban J connectivity index is 1.43. The number of amides is 2. The number of carbonyl (C=O) groups is 2. The number of nitrogens with zero attached hydrogens (tertiary/aromatic N) is 2. The summed E-state index contributed by atoms with van der Waals surface area (Å²) in [6.07, 6.45) is 5.29. The highest BCUT2D eigenvalue weighted by atomic mass is 32.1. The molecule has 9 nitrogen and oxygen atoms in total. The van der Waals surface area contributed by atoms with Crippen LogP contribution in [0.1, 0.15) is 22.5 Å². The minimum atomic E-state index is -0.249. The zero-order valence-corrected chi connectivity index (χ0v) is 22.9. The van der Waals surface area contributed by atoms with E-state index in [0.717, 1.165) is 37.7 Å². The molecule has 0 atom stereocenters. The molecule has 0 saturated heterocycles. The molecule has 0 bridgehead atoms. The van der Waals surface area contributed by atoms with E-state index < -0.39 is 0 Å². The number of aromatic nitrogens is 2. The number of nitrogens with one attached hydrogen (secondary N) is 2. The number of methoxy groups -OCH3 is 1. The summed E-state index contributed by atoms with van der Waals surface area (Å²) in [5.41, 5.74) is 10.8. The van der Waals surface area contributed by atoms with E-state index in [1.165, 1.54) is 17.4 Å². The normalized spacial score (nSPS) is 11.4. The van der Waals surface area contributed by atoms with E-state index in [0.29, 0.717) is 35.9 Å². The third-order valence-corrected chi connectivity index (χ3v) is 7.67. The standard InChI is InChI=1S/C30H29N5O4S/c1-35-23-7-4-3-6-19(23)14-24(35)30(38)34-22-10-8-18(15-25(22)39-2)21-17-40-28-20(16-33-29(31)27(21)28)9-11-26(37)32-12-5-13-36/h3-4,6-11,14-17,36H,5,12-13H2,1-2H3,(H2,31,33)(H,32,37)(H,34,38)/b11-9+. The molecule has 10 heteroatoms. The molecule has 5 rings (SSSR count). The van der Waals surface area contributed by atoms with Gasteiger partial charge in [0.2, 0.25) is 5.91 Å². The first kappa shape index (κ1) is 26.9. The maximum Gasteiger partial charge on any atom is 0.272 e. The minimum Gasteiger partial charge on any atom is -0.495 e. The van der Waals surface area contributed by atoms with Crippen LogP contribution in [0.25, 0.3) is 38.2 Å². The number of fused-ring (bicyclic) bond motifs is 2. The second kappa shape index (κ2) is 11.6. The number of hydrogen-bond acceptors (Lipinski definition) is 7. The number of benzene rings is 2. The van der Waals surface area contributed by atoms with Crippen LogP contribution in [0.2, 0.25) is 0 Å². The van der Waals surface area contributed by atoms with Gasteiger partial charge in [0.05, 0.1) is 12.8 Å². The van der Waals surface area contributed by atoms with Crippen molar-refractivity contribution in [1.29, 1.82) is 0 Å². The summed E-state index contributed by atoms with van der Waals surface area (Å²) in [5, 5.41) is 18.3. The number of carbonyl (C=O) groups excluding carboxylic acids is 2. The maximum atomic E-state index is 13.2. The number of nitrogen functional groups attached to an aromatic ring is 1. The van der Waals surface area contributed by atoms with Gasteiger partial charge in [-0.05, 0) is 47.7 Å². The SMILES string of the molecule is COc1cc(-c2csc3c(/C=C/C(=O)NCCCO)cnc(N)c23)ccc1NC(=O)c1cc2ccccc2n1C. The predicted molar refractivity (Wildman–Crippen MR) is 161 cm³/mol. The van der Waals surface area contributed by atoms with Gasteiger partial charge in [-0.3, -0.25) is 9.59 Å².